The minimum absolute atomic E-state index is 0.00797. The number of carbonyl (C=O) groups excluding carboxylic acids is 1. The van der Waals surface area contributed by atoms with E-state index in [1.807, 2.05) is 0 Å². The molecule has 1 aliphatic rings. The SMILES string of the molecule is CCCCCCCCCCCCCCCCCCCCCC(=O)Nc1ccc(S(=O)(=O)N2CCCCC2)cc1. The fourth-order valence-corrected chi connectivity index (χ4v) is 7.07. The first-order valence-electron chi connectivity index (χ1n) is 16.4. The average molecular weight is 563 g/mol. The summed E-state index contributed by atoms with van der Waals surface area (Å²) in [4.78, 5) is 12.6. The van der Waals surface area contributed by atoms with Crippen molar-refractivity contribution < 1.29 is 13.2 Å². The van der Waals surface area contributed by atoms with Gasteiger partial charge in [0, 0.05) is 25.2 Å². The molecule has 1 aromatic rings. The van der Waals surface area contributed by atoms with Crippen molar-refractivity contribution in [1.82, 2.24) is 4.31 Å². The zero-order valence-electron chi connectivity index (χ0n) is 25.1. The van der Waals surface area contributed by atoms with Gasteiger partial charge < -0.3 is 5.32 Å². The molecule has 5 nitrogen and oxygen atoms in total. The number of hydrogen-bond acceptors (Lipinski definition) is 3. The van der Waals surface area contributed by atoms with Crippen LogP contribution in [0.5, 0.6) is 0 Å². The van der Waals surface area contributed by atoms with Gasteiger partial charge in [0.25, 0.3) is 0 Å². The van der Waals surface area contributed by atoms with E-state index in [0.29, 0.717) is 30.1 Å². The number of nitrogens with one attached hydrogen (secondary N) is 1. The number of nitrogens with zero attached hydrogens (tertiary/aromatic N) is 1. The van der Waals surface area contributed by atoms with Crippen molar-refractivity contribution in [2.24, 2.45) is 0 Å². The van der Waals surface area contributed by atoms with E-state index >= 15 is 0 Å². The van der Waals surface area contributed by atoms with Gasteiger partial charge in [-0.25, -0.2) is 8.42 Å². The van der Waals surface area contributed by atoms with Gasteiger partial charge in [-0.2, -0.15) is 4.31 Å². The Balaban J connectivity index is 1.39. The van der Waals surface area contributed by atoms with Gasteiger partial charge in [0.1, 0.15) is 0 Å². The van der Waals surface area contributed by atoms with Crippen LogP contribution in [0.15, 0.2) is 29.2 Å². The van der Waals surface area contributed by atoms with Gasteiger partial charge in [0.15, 0.2) is 0 Å². The van der Waals surface area contributed by atoms with Crippen LogP contribution in [0.3, 0.4) is 0 Å². The molecule has 0 unspecified atom stereocenters. The molecule has 2 rings (SSSR count). The molecule has 1 aromatic carbocycles. The van der Waals surface area contributed by atoms with Gasteiger partial charge in [0.05, 0.1) is 4.90 Å². The van der Waals surface area contributed by atoms with Gasteiger partial charge in [-0.1, -0.05) is 129 Å². The van der Waals surface area contributed by atoms with Crippen molar-refractivity contribution >= 4 is 21.6 Å². The van der Waals surface area contributed by atoms with E-state index in [0.717, 1.165) is 32.1 Å². The summed E-state index contributed by atoms with van der Waals surface area (Å²) in [6.45, 7) is 3.48. The summed E-state index contributed by atoms with van der Waals surface area (Å²) >= 11 is 0. The third kappa shape index (κ3) is 15.3. The summed E-state index contributed by atoms with van der Waals surface area (Å²) in [5, 5.41) is 2.91. The Morgan fingerprint density at radius 3 is 1.49 bits per heavy atom. The number of amides is 1. The molecule has 224 valence electrons. The predicted molar refractivity (Wildman–Crippen MR) is 166 cm³/mol. The molecule has 0 bridgehead atoms. The molecule has 1 N–H and O–H groups in total. The van der Waals surface area contributed by atoms with Crippen molar-refractivity contribution in [3.63, 3.8) is 0 Å². The molecule has 0 aromatic heterocycles. The van der Waals surface area contributed by atoms with E-state index in [-0.39, 0.29) is 5.91 Å². The Morgan fingerprint density at radius 2 is 1.05 bits per heavy atom. The van der Waals surface area contributed by atoms with Crippen molar-refractivity contribution in [1.29, 1.82) is 0 Å². The monoisotopic (exact) mass is 562 g/mol. The molecule has 0 spiro atoms. The second-order valence-corrected chi connectivity index (χ2v) is 13.6. The molecular formula is C33H58N2O3S. The number of carbonyl (C=O) groups is 1. The van der Waals surface area contributed by atoms with Gasteiger partial charge >= 0.3 is 0 Å². The minimum atomic E-state index is -3.43. The highest BCUT2D eigenvalue weighted by Gasteiger charge is 2.25. The smallest absolute Gasteiger partial charge is 0.243 e. The highest BCUT2D eigenvalue weighted by atomic mass is 32.2. The lowest BCUT2D eigenvalue weighted by Crippen LogP contribution is -2.35. The molecule has 39 heavy (non-hydrogen) atoms. The van der Waals surface area contributed by atoms with Gasteiger partial charge in [-0.3, -0.25) is 4.79 Å². The summed E-state index contributed by atoms with van der Waals surface area (Å²) in [6, 6.07) is 6.62. The fourth-order valence-electron chi connectivity index (χ4n) is 5.55. The first-order chi connectivity index (χ1) is 19.0. The molecule has 0 saturated carbocycles. The van der Waals surface area contributed by atoms with Gasteiger partial charge in [0.2, 0.25) is 15.9 Å². The van der Waals surface area contributed by atoms with Gasteiger partial charge in [-0.15, -0.1) is 0 Å². The standard InChI is InChI=1S/C33H58N2O3S/c1-2-3-4-5-6-7-8-9-10-11-12-13-14-15-16-17-18-19-21-24-33(36)34-31-25-27-32(28-26-31)39(37,38)35-29-22-20-23-30-35/h25-28H,2-24,29-30H2,1H3,(H,34,36). The molecule has 1 heterocycles. The maximum absolute atomic E-state index is 12.8. The molecule has 1 aliphatic heterocycles. The molecule has 1 amide bonds. The van der Waals surface area contributed by atoms with Crippen molar-refractivity contribution in [2.75, 3.05) is 18.4 Å². The van der Waals surface area contributed by atoms with Crippen LogP contribution in [0.2, 0.25) is 0 Å². The predicted octanol–water partition coefficient (Wildman–Crippen LogP) is 9.62. The molecule has 1 fully saturated rings. The second kappa shape index (κ2) is 21.4. The molecule has 6 heteroatoms. The molecule has 0 radical (unpaired) electrons. The lowest BCUT2D eigenvalue weighted by atomic mass is 10.0. The Morgan fingerprint density at radius 1 is 0.641 bits per heavy atom. The molecular weight excluding hydrogens is 504 g/mol. The highest BCUT2D eigenvalue weighted by Crippen LogP contribution is 2.22. The Kier molecular flexibility index (Phi) is 18.5. The third-order valence-corrected chi connectivity index (χ3v) is 10.0. The van der Waals surface area contributed by atoms with Crippen LogP contribution in [0.4, 0.5) is 5.69 Å². The van der Waals surface area contributed by atoms with Crippen LogP contribution in [-0.4, -0.2) is 31.7 Å². The fraction of sp³-hybridized carbons (Fsp3) is 0.788. The number of unbranched alkanes of at least 4 members (excludes halogenated alkanes) is 18. The number of benzene rings is 1. The Labute approximate surface area is 241 Å². The topological polar surface area (TPSA) is 66.5 Å². The Bertz CT molecular complexity index is 848. The van der Waals surface area contributed by atoms with Crippen molar-refractivity contribution in [3.05, 3.63) is 24.3 Å². The first kappa shape index (κ1) is 33.8. The van der Waals surface area contributed by atoms with E-state index in [9.17, 15) is 13.2 Å². The Hall–Kier alpha value is -1.40. The first-order valence-corrected chi connectivity index (χ1v) is 17.9. The van der Waals surface area contributed by atoms with E-state index in [2.05, 4.69) is 12.2 Å². The summed E-state index contributed by atoms with van der Waals surface area (Å²) < 4.78 is 27.1. The summed E-state index contributed by atoms with van der Waals surface area (Å²) in [5.41, 5.74) is 0.662. The van der Waals surface area contributed by atoms with E-state index in [1.165, 1.54) is 109 Å². The molecule has 1 saturated heterocycles. The van der Waals surface area contributed by atoms with E-state index < -0.39 is 10.0 Å². The number of sulfonamides is 1. The largest absolute Gasteiger partial charge is 0.326 e. The number of rotatable bonds is 23. The second-order valence-electron chi connectivity index (χ2n) is 11.7. The van der Waals surface area contributed by atoms with E-state index in [1.54, 1.807) is 28.6 Å². The van der Waals surface area contributed by atoms with Crippen LogP contribution in [0.25, 0.3) is 0 Å². The van der Waals surface area contributed by atoms with Crippen LogP contribution in [0.1, 0.15) is 155 Å². The average Bonchev–Trinajstić information content (AvgIpc) is 2.95. The minimum Gasteiger partial charge on any atom is -0.326 e. The number of anilines is 1. The van der Waals surface area contributed by atoms with Crippen molar-refractivity contribution in [2.45, 2.75) is 159 Å². The quantitative estimate of drug-likeness (QED) is 0.135. The third-order valence-electron chi connectivity index (χ3n) is 8.10. The summed E-state index contributed by atoms with van der Waals surface area (Å²) in [6.07, 6.45) is 29.0. The maximum atomic E-state index is 12.8. The normalized spacial score (nSPS) is 14.5. The maximum Gasteiger partial charge on any atom is 0.243 e. The van der Waals surface area contributed by atoms with E-state index in [4.69, 9.17) is 0 Å². The lowest BCUT2D eigenvalue weighted by Gasteiger charge is -2.25. The lowest BCUT2D eigenvalue weighted by molar-refractivity contribution is -0.116. The van der Waals surface area contributed by atoms with Crippen molar-refractivity contribution in [3.8, 4) is 0 Å². The zero-order chi connectivity index (χ0) is 28.0. The molecule has 0 atom stereocenters. The highest BCUT2D eigenvalue weighted by molar-refractivity contribution is 7.89. The van der Waals surface area contributed by atoms with Crippen LogP contribution < -0.4 is 5.32 Å². The van der Waals surface area contributed by atoms with Crippen LogP contribution in [-0.2, 0) is 14.8 Å². The number of piperidine rings is 1. The molecule has 0 aliphatic carbocycles. The zero-order valence-corrected chi connectivity index (χ0v) is 25.9. The van der Waals surface area contributed by atoms with Gasteiger partial charge in [-0.05, 0) is 43.5 Å². The van der Waals surface area contributed by atoms with Crippen LogP contribution >= 0.6 is 0 Å². The number of hydrogen-bond donors (Lipinski definition) is 1. The summed E-state index contributed by atoms with van der Waals surface area (Å²) in [5.74, 6) is 0.00797. The van der Waals surface area contributed by atoms with Crippen LogP contribution in [0, 0.1) is 0 Å². The summed E-state index contributed by atoms with van der Waals surface area (Å²) in [7, 11) is -3.43.